The molecule has 1 aliphatic rings. The van der Waals surface area contributed by atoms with Crippen LogP contribution in [0.3, 0.4) is 0 Å². The molecule has 112 valence electrons. The fourth-order valence-corrected chi connectivity index (χ4v) is 3.45. The molecule has 7 heteroatoms. The Hall–Kier alpha value is -2.41. The van der Waals surface area contributed by atoms with Crippen LogP contribution in [0, 0.1) is 0 Å². The number of hydrogen-bond donors (Lipinski definition) is 1. The highest BCUT2D eigenvalue weighted by molar-refractivity contribution is 7.17. The molecule has 0 atom stereocenters. The predicted octanol–water partition coefficient (Wildman–Crippen LogP) is 1.65. The van der Waals surface area contributed by atoms with Crippen LogP contribution >= 0.6 is 11.3 Å². The van der Waals surface area contributed by atoms with Gasteiger partial charge in [-0.15, -0.1) is 11.3 Å². The summed E-state index contributed by atoms with van der Waals surface area (Å²) in [5.41, 5.74) is 0.457. The average molecular weight is 313 g/mol. The molecule has 1 saturated heterocycles. The van der Waals surface area contributed by atoms with Gasteiger partial charge in [0.1, 0.15) is 11.5 Å². The molecule has 22 heavy (non-hydrogen) atoms. The molecule has 0 saturated carbocycles. The highest BCUT2D eigenvalue weighted by atomic mass is 32.1. The molecule has 0 aromatic carbocycles. The number of aromatic nitrogens is 3. The van der Waals surface area contributed by atoms with Crippen molar-refractivity contribution in [1.82, 2.24) is 20.1 Å². The minimum atomic E-state index is -0.119. The fraction of sp³-hybridized carbons (Fsp3) is 0.267. The number of anilines is 1. The number of pyridine rings is 1. The SMILES string of the molecule is Cn1ccc(C(=O)NC2CN(c3nccc4sccc34)C2)n1. The third-order valence-electron chi connectivity index (χ3n) is 3.82. The van der Waals surface area contributed by atoms with E-state index < -0.39 is 0 Å². The van der Waals surface area contributed by atoms with Crippen LogP contribution in [-0.4, -0.2) is 39.8 Å². The highest BCUT2D eigenvalue weighted by Crippen LogP contribution is 2.30. The summed E-state index contributed by atoms with van der Waals surface area (Å²) < 4.78 is 2.87. The lowest BCUT2D eigenvalue weighted by Gasteiger charge is -2.40. The van der Waals surface area contributed by atoms with Gasteiger partial charge < -0.3 is 10.2 Å². The van der Waals surface area contributed by atoms with E-state index in [1.807, 2.05) is 12.3 Å². The Kier molecular flexibility index (Phi) is 3.07. The van der Waals surface area contributed by atoms with Crippen LogP contribution in [0.2, 0.25) is 0 Å². The number of fused-ring (bicyclic) bond motifs is 1. The maximum absolute atomic E-state index is 12.1. The molecule has 3 aromatic heterocycles. The van der Waals surface area contributed by atoms with E-state index in [1.165, 1.54) is 10.1 Å². The maximum Gasteiger partial charge on any atom is 0.272 e. The Morgan fingerprint density at radius 2 is 2.23 bits per heavy atom. The Labute approximate surface area is 131 Å². The first-order chi connectivity index (χ1) is 10.7. The topological polar surface area (TPSA) is 63.1 Å². The Balaban J connectivity index is 1.42. The van der Waals surface area contributed by atoms with Gasteiger partial charge in [0.05, 0.1) is 6.04 Å². The number of nitrogens with one attached hydrogen (secondary N) is 1. The van der Waals surface area contributed by atoms with Crippen molar-refractivity contribution in [3.63, 3.8) is 0 Å². The monoisotopic (exact) mass is 313 g/mol. The Morgan fingerprint density at radius 3 is 3.00 bits per heavy atom. The van der Waals surface area contributed by atoms with Gasteiger partial charge in [0.25, 0.3) is 5.91 Å². The lowest BCUT2D eigenvalue weighted by Crippen LogP contribution is -2.59. The largest absolute Gasteiger partial charge is 0.352 e. The normalized spacial score (nSPS) is 15.0. The second-order valence-electron chi connectivity index (χ2n) is 5.42. The molecule has 1 aliphatic heterocycles. The van der Waals surface area contributed by atoms with E-state index in [0.717, 1.165) is 18.9 Å². The molecule has 6 nitrogen and oxygen atoms in total. The highest BCUT2D eigenvalue weighted by Gasteiger charge is 2.30. The third kappa shape index (κ3) is 2.23. The van der Waals surface area contributed by atoms with E-state index in [9.17, 15) is 4.79 Å². The summed E-state index contributed by atoms with van der Waals surface area (Å²) in [6.07, 6.45) is 3.61. The van der Waals surface area contributed by atoms with Gasteiger partial charge in [0.2, 0.25) is 0 Å². The van der Waals surface area contributed by atoms with Crippen molar-refractivity contribution in [2.45, 2.75) is 6.04 Å². The molecule has 1 N–H and O–H groups in total. The summed E-state index contributed by atoms with van der Waals surface area (Å²) in [5, 5.41) is 10.4. The van der Waals surface area contributed by atoms with E-state index in [0.29, 0.717) is 5.69 Å². The zero-order chi connectivity index (χ0) is 15.1. The van der Waals surface area contributed by atoms with E-state index in [2.05, 4.69) is 31.7 Å². The second kappa shape index (κ2) is 5.10. The van der Waals surface area contributed by atoms with E-state index >= 15 is 0 Å². The second-order valence-corrected chi connectivity index (χ2v) is 6.36. The zero-order valence-electron chi connectivity index (χ0n) is 12.1. The number of carbonyl (C=O) groups excluding carboxylic acids is 1. The van der Waals surface area contributed by atoms with Crippen molar-refractivity contribution >= 4 is 33.1 Å². The molecule has 0 radical (unpaired) electrons. The summed E-state index contributed by atoms with van der Waals surface area (Å²) in [6, 6.07) is 6.00. The van der Waals surface area contributed by atoms with Gasteiger partial charge in [-0.05, 0) is 23.6 Å². The standard InChI is InChI=1S/C15H15N5OS/c1-19-6-3-12(18-19)15(21)17-10-8-20(9-10)14-11-4-7-22-13(11)2-5-16-14/h2-7,10H,8-9H2,1H3,(H,17,21). The van der Waals surface area contributed by atoms with Crippen LogP contribution in [0.15, 0.2) is 36.0 Å². The summed E-state index contributed by atoms with van der Waals surface area (Å²) in [7, 11) is 1.80. The molecule has 0 aliphatic carbocycles. The molecular formula is C15H15N5OS. The van der Waals surface area contributed by atoms with Crippen LogP contribution in [-0.2, 0) is 7.05 Å². The van der Waals surface area contributed by atoms with Crippen LogP contribution in [0.25, 0.3) is 10.1 Å². The van der Waals surface area contributed by atoms with Crippen molar-refractivity contribution in [2.24, 2.45) is 7.05 Å². The summed E-state index contributed by atoms with van der Waals surface area (Å²) >= 11 is 1.72. The van der Waals surface area contributed by atoms with E-state index in [-0.39, 0.29) is 11.9 Å². The number of hydrogen-bond acceptors (Lipinski definition) is 5. The summed E-state index contributed by atoms with van der Waals surface area (Å²) in [4.78, 5) is 18.7. The van der Waals surface area contributed by atoms with Crippen LogP contribution < -0.4 is 10.2 Å². The number of rotatable bonds is 3. The first-order valence-corrected chi connectivity index (χ1v) is 7.96. The van der Waals surface area contributed by atoms with Crippen LogP contribution in [0.1, 0.15) is 10.5 Å². The minimum Gasteiger partial charge on any atom is -0.352 e. The van der Waals surface area contributed by atoms with Crippen molar-refractivity contribution in [2.75, 3.05) is 18.0 Å². The van der Waals surface area contributed by atoms with Gasteiger partial charge in [-0.25, -0.2) is 4.98 Å². The molecule has 1 amide bonds. The predicted molar refractivity (Wildman–Crippen MR) is 86.3 cm³/mol. The van der Waals surface area contributed by atoms with Gasteiger partial charge in [0, 0.05) is 42.6 Å². The van der Waals surface area contributed by atoms with Crippen LogP contribution in [0.4, 0.5) is 5.82 Å². The number of aryl methyl sites for hydroxylation is 1. The van der Waals surface area contributed by atoms with Gasteiger partial charge in [0.15, 0.2) is 0 Å². The number of nitrogens with zero attached hydrogens (tertiary/aromatic N) is 4. The van der Waals surface area contributed by atoms with E-state index in [1.54, 1.807) is 35.3 Å². The fourth-order valence-electron chi connectivity index (χ4n) is 2.67. The first-order valence-electron chi connectivity index (χ1n) is 7.08. The number of carbonyl (C=O) groups is 1. The molecule has 1 fully saturated rings. The summed E-state index contributed by atoms with van der Waals surface area (Å²) in [6.45, 7) is 1.56. The molecular weight excluding hydrogens is 298 g/mol. The van der Waals surface area contributed by atoms with Crippen molar-refractivity contribution < 1.29 is 4.79 Å². The molecule has 4 heterocycles. The first kappa shape index (κ1) is 13.3. The Bertz CT molecular complexity index is 833. The molecule has 4 rings (SSSR count). The van der Waals surface area contributed by atoms with Crippen molar-refractivity contribution in [1.29, 1.82) is 0 Å². The molecule has 3 aromatic rings. The maximum atomic E-state index is 12.1. The molecule has 0 bridgehead atoms. The van der Waals surface area contributed by atoms with Gasteiger partial charge in [-0.3, -0.25) is 9.48 Å². The third-order valence-corrected chi connectivity index (χ3v) is 4.70. The lowest BCUT2D eigenvalue weighted by atomic mass is 10.1. The van der Waals surface area contributed by atoms with E-state index in [4.69, 9.17) is 0 Å². The quantitative estimate of drug-likeness (QED) is 0.798. The lowest BCUT2D eigenvalue weighted by molar-refractivity contribution is 0.0924. The smallest absolute Gasteiger partial charge is 0.272 e. The van der Waals surface area contributed by atoms with Crippen LogP contribution in [0.5, 0.6) is 0 Å². The molecule has 0 spiro atoms. The van der Waals surface area contributed by atoms with Crippen molar-refractivity contribution in [3.8, 4) is 0 Å². The molecule has 0 unspecified atom stereocenters. The van der Waals surface area contributed by atoms with Gasteiger partial charge in [-0.1, -0.05) is 0 Å². The zero-order valence-corrected chi connectivity index (χ0v) is 12.9. The summed E-state index contributed by atoms with van der Waals surface area (Å²) in [5.74, 6) is 0.883. The minimum absolute atomic E-state index is 0.119. The average Bonchev–Trinajstić information content (AvgIpc) is 3.10. The van der Waals surface area contributed by atoms with Gasteiger partial charge >= 0.3 is 0 Å². The van der Waals surface area contributed by atoms with Gasteiger partial charge in [-0.2, -0.15) is 5.10 Å². The number of thiophene rings is 1. The van der Waals surface area contributed by atoms with Crippen molar-refractivity contribution in [3.05, 3.63) is 41.7 Å². The Morgan fingerprint density at radius 1 is 1.36 bits per heavy atom. The number of amides is 1.